The third-order valence-electron chi connectivity index (χ3n) is 5.09. The number of carbonyl (C=O) groups is 1. The molecular weight excluding hydrogens is 349 g/mol. The largest absolute Gasteiger partial charge is 0.481 e. The number of carboxylic acids is 1. The fraction of sp³-hybridized carbons (Fsp3) is 0.500. The van der Waals surface area contributed by atoms with Gasteiger partial charge in [-0.2, -0.15) is 5.10 Å². The number of hydrogen-bond donors (Lipinski definition) is 1. The Hall–Kier alpha value is -2.25. The second-order valence-corrected chi connectivity index (χ2v) is 6.93. The Morgan fingerprint density at radius 2 is 2.11 bits per heavy atom. The van der Waals surface area contributed by atoms with E-state index >= 15 is 0 Å². The number of carboxylic acid groups (broad SMARTS) is 1. The number of hydrogen-bond acceptors (Lipinski definition) is 4. The third kappa shape index (κ3) is 4.36. The van der Waals surface area contributed by atoms with Gasteiger partial charge in [0.15, 0.2) is 0 Å². The Balaban J connectivity index is 1.83. The molecule has 3 rings (SSSR count). The number of nitrogens with zero attached hydrogens (tertiary/aromatic N) is 3. The van der Waals surface area contributed by atoms with Gasteiger partial charge in [0.25, 0.3) is 0 Å². The maximum absolute atomic E-state index is 14.2. The summed E-state index contributed by atoms with van der Waals surface area (Å²) in [6, 6.07) is 6.67. The van der Waals surface area contributed by atoms with Gasteiger partial charge in [0.2, 0.25) is 0 Å². The van der Waals surface area contributed by atoms with Crippen molar-refractivity contribution in [1.29, 1.82) is 0 Å². The highest BCUT2D eigenvalue weighted by Crippen LogP contribution is 2.31. The van der Waals surface area contributed by atoms with Crippen LogP contribution in [0.5, 0.6) is 0 Å². The minimum Gasteiger partial charge on any atom is -0.481 e. The van der Waals surface area contributed by atoms with Crippen LogP contribution in [0.1, 0.15) is 42.3 Å². The Morgan fingerprint density at radius 3 is 2.85 bits per heavy atom. The standard InChI is InChI=1S/C20H26FN3O3/c1-14-20(15(2)24(22-14)17-8-4-3-7-16(17)21)18-13-27-12-11-23(18)10-6-5-9-19(25)26/h3-4,7-8,18H,5-6,9-13H2,1-2H3,(H,25,26). The summed E-state index contributed by atoms with van der Waals surface area (Å²) < 4.78 is 21.6. The molecule has 0 bridgehead atoms. The fourth-order valence-electron chi connectivity index (χ4n) is 3.76. The summed E-state index contributed by atoms with van der Waals surface area (Å²) in [5, 5.41) is 13.4. The highest BCUT2D eigenvalue weighted by atomic mass is 19.1. The van der Waals surface area contributed by atoms with Crippen LogP contribution in [0, 0.1) is 19.7 Å². The van der Waals surface area contributed by atoms with Crippen LogP contribution in [-0.2, 0) is 9.53 Å². The average Bonchev–Trinajstić information content (AvgIpc) is 2.93. The van der Waals surface area contributed by atoms with Crippen molar-refractivity contribution in [1.82, 2.24) is 14.7 Å². The van der Waals surface area contributed by atoms with Crippen LogP contribution in [-0.4, -0.2) is 52.1 Å². The molecule has 27 heavy (non-hydrogen) atoms. The number of benzene rings is 1. The molecule has 1 N–H and O–H groups in total. The predicted molar refractivity (Wildman–Crippen MR) is 99.6 cm³/mol. The Bertz CT molecular complexity index is 806. The molecule has 6 nitrogen and oxygen atoms in total. The summed E-state index contributed by atoms with van der Waals surface area (Å²) in [5.41, 5.74) is 3.27. The Kier molecular flexibility index (Phi) is 6.23. The van der Waals surface area contributed by atoms with Gasteiger partial charge in [-0.05, 0) is 45.4 Å². The molecular formula is C20H26FN3O3. The zero-order valence-corrected chi connectivity index (χ0v) is 15.8. The van der Waals surface area contributed by atoms with E-state index in [-0.39, 0.29) is 18.3 Å². The number of aliphatic carboxylic acids is 1. The first-order valence-corrected chi connectivity index (χ1v) is 9.33. The normalized spacial score (nSPS) is 18.0. The van der Waals surface area contributed by atoms with Crippen molar-refractivity contribution in [2.75, 3.05) is 26.3 Å². The van der Waals surface area contributed by atoms with Crippen LogP contribution in [0.4, 0.5) is 4.39 Å². The smallest absolute Gasteiger partial charge is 0.303 e. The molecule has 0 amide bonds. The van der Waals surface area contributed by atoms with Crippen molar-refractivity contribution in [2.45, 2.75) is 39.2 Å². The minimum absolute atomic E-state index is 0.0455. The number of unbranched alkanes of at least 4 members (excludes halogenated alkanes) is 1. The van der Waals surface area contributed by atoms with E-state index in [0.717, 1.165) is 36.5 Å². The molecule has 2 heterocycles. The number of ether oxygens (including phenoxy) is 1. The zero-order chi connectivity index (χ0) is 19.4. The van der Waals surface area contributed by atoms with Crippen molar-refractivity contribution in [3.8, 4) is 5.69 Å². The molecule has 1 aromatic carbocycles. The molecule has 0 radical (unpaired) electrons. The summed E-state index contributed by atoms with van der Waals surface area (Å²) in [6.07, 6.45) is 1.67. The number of para-hydroxylation sites is 1. The lowest BCUT2D eigenvalue weighted by Gasteiger charge is -2.36. The summed E-state index contributed by atoms with van der Waals surface area (Å²) >= 11 is 0. The number of rotatable bonds is 7. The first-order valence-electron chi connectivity index (χ1n) is 9.33. The van der Waals surface area contributed by atoms with Gasteiger partial charge in [0.1, 0.15) is 11.5 Å². The van der Waals surface area contributed by atoms with Crippen LogP contribution in [0.15, 0.2) is 24.3 Å². The van der Waals surface area contributed by atoms with Gasteiger partial charge in [-0.1, -0.05) is 12.1 Å². The predicted octanol–water partition coefficient (Wildman–Crippen LogP) is 3.26. The minimum atomic E-state index is -0.758. The van der Waals surface area contributed by atoms with Crippen LogP contribution in [0.2, 0.25) is 0 Å². The quantitative estimate of drug-likeness (QED) is 0.753. The molecule has 1 fully saturated rings. The highest BCUT2D eigenvalue weighted by Gasteiger charge is 2.30. The molecule has 1 unspecified atom stereocenters. The van der Waals surface area contributed by atoms with Gasteiger partial charge in [0.05, 0.1) is 24.9 Å². The first kappa shape index (κ1) is 19.5. The van der Waals surface area contributed by atoms with Gasteiger partial charge in [-0.25, -0.2) is 9.07 Å². The lowest BCUT2D eigenvalue weighted by atomic mass is 10.0. The second kappa shape index (κ2) is 8.63. The van der Waals surface area contributed by atoms with E-state index in [0.29, 0.717) is 25.3 Å². The van der Waals surface area contributed by atoms with Crippen LogP contribution in [0.3, 0.4) is 0 Å². The van der Waals surface area contributed by atoms with Crippen molar-refractivity contribution in [2.24, 2.45) is 0 Å². The van der Waals surface area contributed by atoms with Gasteiger partial charge >= 0.3 is 5.97 Å². The van der Waals surface area contributed by atoms with Crippen LogP contribution in [0.25, 0.3) is 5.69 Å². The molecule has 1 saturated heterocycles. The van der Waals surface area contributed by atoms with Crippen molar-refractivity contribution in [3.63, 3.8) is 0 Å². The summed E-state index contributed by atoms with van der Waals surface area (Å²) in [4.78, 5) is 13.0. The van der Waals surface area contributed by atoms with E-state index in [4.69, 9.17) is 9.84 Å². The number of morpholine rings is 1. The van der Waals surface area contributed by atoms with E-state index in [1.54, 1.807) is 22.9 Å². The summed E-state index contributed by atoms with van der Waals surface area (Å²) in [5.74, 6) is -1.06. The lowest BCUT2D eigenvalue weighted by Crippen LogP contribution is -2.40. The zero-order valence-electron chi connectivity index (χ0n) is 15.8. The van der Waals surface area contributed by atoms with Crippen LogP contribution < -0.4 is 0 Å². The van der Waals surface area contributed by atoms with E-state index < -0.39 is 5.97 Å². The molecule has 1 aliphatic rings. The van der Waals surface area contributed by atoms with E-state index in [2.05, 4.69) is 10.00 Å². The molecule has 0 aliphatic carbocycles. The Morgan fingerprint density at radius 1 is 1.33 bits per heavy atom. The lowest BCUT2D eigenvalue weighted by molar-refractivity contribution is -0.137. The topological polar surface area (TPSA) is 67.6 Å². The number of halogens is 1. The van der Waals surface area contributed by atoms with Gasteiger partial charge < -0.3 is 9.84 Å². The first-order chi connectivity index (χ1) is 13.0. The van der Waals surface area contributed by atoms with Crippen molar-refractivity contribution >= 4 is 5.97 Å². The van der Waals surface area contributed by atoms with E-state index in [1.807, 2.05) is 13.8 Å². The molecule has 1 atom stereocenters. The molecule has 146 valence electrons. The van der Waals surface area contributed by atoms with Crippen molar-refractivity contribution in [3.05, 3.63) is 47.0 Å². The SMILES string of the molecule is Cc1nn(-c2ccccc2F)c(C)c1C1COCCN1CCCCC(=O)O. The summed E-state index contributed by atoms with van der Waals surface area (Å²) in [7, 11) is 0. The molecule has 1 aromatic heterocycles. The van der Waals surface area contributed by atoms with Gasteiger partial charge in [-0.15, -0.1) is 0 Å². The maximum atomic E-state index is 14.2. The highest BCUT2D eigenvalue weighted by molar-refractivity contribution is 5.66. The molecule has 0 spiro atoms. The molecule has 1 aliphatic heterocycles. The van der Waals surface area contributed by atoms with Gasteiger partial charge in [0, 0.05) is 24.2 Å². The second-order valence-electron chi connectivity index (χ2n) is 6.93. The molecule has 7 heteroatoms. The van der Waals surface area contributed by atoms with E-state index in [1.165, 1.54) is 6.07 Å². The maximum Gasteiger partial charge on any atom is 0.303 e. The number of aryl methyl sites for hydroxylation is 1. The van der Waals surface area contributed by atoms with Crippen molar-refractivity contribution < 1.29 is 19.0 Å². The Labute approximate surface area is 158 Å². The fourth-order valence-corrected chi connectivity index (χ4v) is 3.76. The van der Waals surface area contributed by atoms with Crippen LogP contribution >= 0.6 is 0 Å². The van der Waals surface area contributed by atoms with Gasteiger partial charge in [-0.3, -0.25) is 9.69 Å². The monoisotopic (exact) mass is 375 g/mol. The van der Waals surface area contributed by atoms with E-state index in [9.17, 15) is 9.18 Å². The molecule has 2 aromatic rings. The third-order valence-corrected chi connectivity index (χ3v) is 5.09. The average molecular weight is 375 g/mol. The summed E-state index contributed by atoms with van der Waals surface area (Å²) in [6.45, 7) is 6.72. The molecule has 0 saturated carbocycles. The number of aromatic nitrogens is 2.